The Hall–Kier alpha value is -1.39. The Labute approximate surface area is 128 Å². The summed E-state index contributed by atoms with van der Waals surface area (Å²) in [5, 5.41) is 4.16. The second-order valence-electron chi connectivity index (χ2n) is 5.04. The maximum Gasteiger partial charge on any atom is 0.246 e. The molecule has 0 radical (unpaired) electrons. The molecule has 0 atom stereocenters. The molecule has 3 N–H and O–H groups in total. The van der Waals surface area contributed by atoms with Crippen LogP contribution in [0.1, 0.15) is 19.4 Å². The van der Waals surface area contributed by atoms with E-state index in [1.54, 1.807) is 17.0 Å². The molecular formula is C14H17Cl2N3O. The first-order valence-electron chi connectivity index (χ1n) is 6.37. The third-order valence-corrected chi connectivity index (χ3v) is 3.81. The largest absolute Gasteiger partial charge is 0.399 e. The number of benzene rings is 1. The molecule has 1 heterocycles. The van der Waals surface area contributed by atoms with Gasteiger partial charge in [0.15, 0.2) is 0 Å². The van der Waals surface area contributed by atoms with Crippen LogP contribution >= 0.6 is 23.2 Å². The Morgan fingerprint density at radius 2 is 1.95 bits per heavy atom. The van der Waals surface area contributed by atoms with Crippen molar-refractivity contribution in [1.82, 2.24) is 10.2 Å². The highest BCUT2D eigenvalue weighted by molar-refractivity contribution is 6.36. The van der Waals surface area contributed by atoms with Crippen molar-refractivity contribution < 1.29 is 4.79 Å². The van der Waals surface area contributed by atoms with E-state index in [0.29, 0.717) is 22.2 Å². The summed E-state index contributed by atoms with van der Waals surface area (Å²) in [6, 6.07) is 3.48. The van der Waals surface area contributed by atoms with E-state index in [1.807, 2.05) is 20.0 Å². The Morgan fingerprint density at radius 3 is 2.50 bits per heavy atom. The standard InChI is InChI=1S/C14H17Cl2N3O/c1-8(2)19-7-10(18-6-14(19)20)5-11-12(15)3-9(17)4-13(11)16/h3-4,7-8,18H,5-6,17H2,1-2H3. The second-order valence-corrected chi connectivity index (χ2v) is 5.86. The van der Waals surface area contributed by atoms with E-state index in [4.69, 9.17) is 28.9 Å². The lowest BCUT2D eigenvalue weighted by molar-refractivity contribution is -0.129. The molecular weight excluding hydrogens is 297 g/mol. The van der Waals surface area contributed by atoms with Gasteiger partial charge in [-0.2, -0.15) is 0 Å². The van der Waals surface area contributed by atoms with Gasteiger partial charge in [-0.1, -0.05) is 23.2 Å². The Kier molecular flexibility index (Phi) is 4.45. The van der Waals surface area contributed by atoms with Crippen LogP contribution in [-0.4, -0.2) is 23.4 Å². The number of anilines is 1. The maximum absolute atomic E-state index is 11.8. The molecule has 0 saturated carbocycles. The first kappa shape index (κ1) is 15.0. The van der Waals surface area contributed by atoms with Gasteiger partial charge >= 0.3 is 0 Å². The predicted molar refractivity (Wildman–Crippen MR) is 82.6 cm³/mol. The molecule has 0 spiro atoms. The van der Waals surface area contributed by atoms with Crippen LogP contribution in [0.5, 0.6) is 0 Å². The van der Waals surface area contributed by atoms with E-state index in [0.717, 1.165) is 11.3 Å². The summed E-state index contributed by atoms with van der Waals surface area (Å²) < 4.78 is 0. The smallest absolute Gasteiger partial charge is 0.246 e. The van der Waals surface area contributed by atoms with Gasteiger partial charge in [-0.3, -0.25) is 4.79 Å². The number of allylic oxidation sites excluding steroid dienone is 1. The van der Waals surface area contributed by atoms with Gasteiger partial charge in [0.05, 0.1) is 6.54 Å². The molecule has 4 nitrogen and oxygen atoms in total. The number of nitrogens with two attached hydrogens (primary N) is 1. The molecule has 0 unspecified atom stereocenters. The van der Waals surface area contributed by atoms with Crippen molar-refractivity contribution in [2.45, 2.75) is 26.3 Å². The number of rotatable bonds is 3. The summed E-state index contributed by atoms with van der Waals surface area (Å²) in [4.78, 5) is 13.5. The molecule has 1 aliphatic heterocycles. The zero-order chi connectivity index (χ0) is 14.9. The minimum absolute atomic E-state index is 0.0539. The number of hydrogen-bond donors (Lipinski definition) is 2. The molecule has 1 aliphatic rings. The lowest BCUT2D eigenvalue weighted by Gasteiger charge is -2.29. The fourth-order valence-corrected chi connectivity index (χ4v) is 2.73. The molecule has 6 heteroatoms. The molecule has 1 aromatic carbocycles. The average molecular weight is 314 g/mol. The van der Waals surface area contributed by atoms with Crippen LogP contribution < -0.4 is 11.1 Å². The second kappa shape index (κ2) is 5.94. The van der Waals surface area contributed by atoms with E-state index in [1.165, 1.54) is 0 Å². The zero-order valence-electron chi connectivity index (χ0n) is 11.4. The number of carbonyl (C=O) groups is 1. The lowest BCUT2D eigenvalue weighted by Crippen LogP contribution is -2.43. The van der Waals surface area contributed by atoms with Crippen molar-refractivity contribution in [2.24, 2.45) is 0 Å². The van der Waals surface area contributed by atoms with Crippen LogP contribution in [-0.2, 0) is 11.2 Å². The van der Waals surface area contributed by atoms with Crippen LogP contribution in [0.3, 0.4) is 0 Å². The number of nitrogen functional groups attached to an aromatic ring is 1. The first-order chi connectivity index (χ1) is 9.38. The molecule has 2 rings (SSSR count). The number of amides is 1. The summed E-state index contributed by atoms with van der Waals surface area (Å²) in [6.07, 6.45) is 2.36. The Morgan fingerprint density at radius 1 is 1.35 bits per heavy atom. The highest BCUT2D eigenvalue weighted by Gasteiger charge is 2.21. The van der Waals surface area contributed by atoms with E-state index in [2.05, 4.69) is 5.32 Å². The van der Waals surface area contributed by atoms with Gasteiger partial charge in [0.2, 0.25) is 5.91 Å². The van der Waals surface area contributed by atoms with E-state index >= 15 is 0 Å². The minimum Gasteiger partial charge on any atom is -0.399 e. The van der Waals surface area contributed by atoms with Gasteiger partial charge in [-0.15, -0.1) is 0 Å². The summed E-state index contributed by atoms with van der Waals surface area (Å²) >= 11 is 12.4. The van der Waals surface area contributed by atoms with Crippen LogP contribution in [0.4, 0.5) is 5.69 Å². The number of hydrogen-bond acceptors (Lipinski definition) is 3. The average Bonchev–Trinajstić information content (AvgIpc) is 2.35. The molecule has 1 aromatic rings. The maximum atomic E-state index is 11.8. The molecule has 20 heavy (non-hydrogen) atoms. The van der Waals surface area contributed by atoms with Gasteiger partial charge in [0.25, 0.3) is 0 Å². The van der Waals surface area contributed by atoms with Crippen molar-refractivity contribution in [2.75, 3.05) is 12.3 Å². The van der Waals surface area contributed by atoms with E-state index in [9.17, 15) is 4.79 Å². The number of halogens is 2. The molecule has 0 bridgehead atoms. The summed E-state index contributed by atoms with van der Waals surface area (Å²) in [7, 11) is 0. The van der Waals surface area contributed by atoms with Gasteiger partial charge in [0.1, 0.15) is 0 Å². The lowest BCUT2D eigenvalue weighted by atomic mass is 10.1. The topological polar surface area (TPSA) is 58.4 Å². The highest BCUT2D eigenvalue weighted by Crippen LogP contribution is 2.29. The predicted octanol–water partition coefficient (Wildman–Crippen LogP) is 2.80. The van der Waals surface area contributed by atoms with Crippen LogP contribution in [0.25, 0.3) is 0 Å². The normalized spacial score (nSPS) is 15.3. The van der Waals surface area contributed by atoms with E-state index < -0.39 is 0 Å². The molecule has 108 valence electrons. The molecule has 0 aromatic heterocycles. The van der Waals surface area contributed by atoms with Crippen LogP contribution in [0, 0.1) is 0 Å². The van der Waals surface area contributed by atoms with Gasteiger partial charge in [0, 0.05) is 40.1 Å². The minimum atomic E-state index is 0.0539. The Balaban J connectivity index is 2.26. The van der Waals surface area contributed by atoms with Gasteiger partial charge < -0.3 is 16.0 Å². The highest BCUT2D eigenvalue weighted by atomic mass is 35.5. The number of carbonyl (C=O) groups excluding carboxylic acids is 1. The van der Waals surface area contributed by atoms with Gasteiger partial charge in [-0.25, -0.2) is 0 Å². The van der Waals surface area contributed by atoms with Crippen molar-refractivity contribution in [1.29, 1.82) is 0 Å². The SMILES string of the molecule is CC(C)N1C=C(Cc2c(Cl)cc(N)cc2Cl)NCC1=O. The van der Waals surface area contributed by atoms with Crippen LogP contribution in [0.2, 0.25) is 10.0 Å². The Bertz CT molecular complexity index is 547. The molecule has 0 fully saturated rings. The first-order valence-corrected chi connectivity index (χ1v) is 7.13. The number of nitrogens with one attached hydrogen (secondary N) is 1. The van der Waals surface area contributed by atoms with Crippen molar-refractivity contribution in [3.63, 3.8) is 0 Å². The monoisotopic (exact) mass is 313 g/mol. The van der Waals surface area contributed by atoms with Crippen molar-refractivity contribution in [3.05, 3.63) is 39.6 Å². The van der Waals surface area contributed by atoms with Gasteiger partial charge in [-0.05, 0) is 31.5 Å². The zero-order valence-corrected chi connectivity index (χ0v) is 12.9. The quantitative estimate of drug-likeness (QED) is 0.844. The third-order valence-electron chi connectivity index (χ3n) is 3.14. The summed E-state index contributed by atoms with van der Waals surface area (Å²) in [5.74, 6) is 0.0539. The summed E-state index contributed by atoms with van der Waals surface area (Å²) in [5.41, 5.74) is 7.94. The number of nitrogens with zero attached hydrogens (tertiary/aromatic N) is 1. The molecule has 0 saturated heterocycles. The third kappa shape index (κ3) is 3.19. The van der Waals surface area contributed by atoms with Crippen LogP contribution in [0.15, 0.2) is 24.0 Å². The molecule has 1 amide bonds. The van der Waals surface area contributed by atoms with E-state index in [-0.39, 0.29) is 18.5 Å². The fourth-order valence-electron chi connectivity index (χ4n) is 2.09. The van der Waals surface area contributed by atoms with Crippen molar-refractivity contribution >= 4 is 34.8 Å². The molecule has 0 aliphatic carbocycles. The summed E-state index contributed by atoms with van der Waals surface area (Å²) in [6.45, 7) is 4.23. The van der Waals surface area contributed by atoms with Crippen molar-refractivity contribution in [3.8, 4) is 0 Å². The fraction of sp³-hybridized carbons (Fsp3) is 0.357.